The number of hydrogen-bond donors (Lipinski definition) is 1. The second kappa shape index (κ2) is 8.74. The lowest BCUT2D eigenvalue weighted by Crippen LogP contribution is -2.42. The van der Waals surface area contributed by atoms with Gasteiger partial charge >= 0.3 is 0 Å². The van der Waals surface area contributed by atoms with Gasteiger partial charge in [0.05, 0.1) is 12.2 Å². The maximum atomic E-state index is 13.0. The van der Waals surface area contributed by atoms with Crippen LogP contribution < -0.4 is 5.32 Å². The number of hydrogen-bond acceptors (Lipinski definition) is 4. The SMILES string of the molecule is O=C(c1ccc(F)cc1)C1CCN(CCCN2CNc3ccccc3C2=O)CC1. The predicted molar refractivity (Wildman–Crippen MR) is 110 cm³/mol. The molecule has 2 aliphatic rings. The highest BCUT2D eigenvalue weighted by Gasteiger charge is 2.26. The number of rotatable bonds is 6. The number of piperidine rings is 1. The van der Waals surface area contributed by atoms with Gasteiger partial charge in [-0.15, -0.1) is 0 Å². The molecule has 29 heavy (non-hydrogen) atoms. The molecule has 1 N–H and O–H groups in total. The van der Waals surface area contributed by atoms with Crippen LogP contribution in [-0.4, -0.2) is 54.3 Å². The predicted octanol–water partition coefficient (Wildman–Crippen LogP) is 3.64. The summed E-state index contributed by atoms with van der Waals surface area (Å²) in [4.78, 5) is 29.4. The number of amides is 1. The Balaban J connectivity index is 1.21. The molecule has 152 valence electrons. The zero-order chi connectivity index (χ0) is 20.2. The normalized spacial score (nSPS) is 17.7. The van der Waals surface area contributed by atoms with Gasteiger partial charge in [-0.1, -0.05) is 12.1 Å². The molecule has 6 heteroatoms. The number of nitrogens with one attached hydrogen (secondary N) is 1. The molecule has 0 radical (unpaired) electrons. The van der Waals surface area contributed by atoms with Gasteiger partial charge in [0, 0.05) is 23.7 Å². The van der Waals surface area contributed by atoms with Crippen molar-refractivity contribution in [3.63, 3.8) is 0 Å². The van der Waals surface area contributed by atoms with Crippen LogP contribution in [0.2, 0.25) is 0 Å². The van der Waals surface area contributed by atoms with Crippen molar-refractivity contribution < 1.29 is 14.0 Å². The van der Waals surface area contributed by atoms with E-state index < -0.39 is 0 Å². The van der Waals surface area contributed by atoms with Crippen molar-refractivity contribution in [3.05, 3.63) is 65.5 Å². The smallest absolute Gasteiger partial charge is 0.257 e. The van der Waals surface area contributed by atoms with E-state index in [9.17, 15) is 14.0 Å². The third-order valence-corrected chi connectivity index (χ3v) is 5.89. The first-order chi connectivity index (χ1) is 14.1. The van der Waals surface area contributed by atoms with E-state index in [1.54, 1.807) is 12.1 Å². The fourth-order valence-corrected chi connectivity index (χ4v) is 4.18. The molecule has 4 rings (SSSR count). The molecule has 2 aromatic rings. The maximum Gasteiger partial charge on any atom is 0.257 e. The molecule has 2 aromatic carbocycles. The third kappa shape index (κ3) is 4.48. The van der Waals surface area contributed by atoms with Crippen LogP contribution >= 0.6 is 0 Å². The van der Waals surface area contributed by atoms with E-state index in [1.807, 2.05) is 29.2 Å². The molecule has 0 unspecified atom stereocenters. The lowest BCUT2D eigenvalue weighted by atomic mass is 9.89. The number of carbonyl (C=O) groups is 2. The molecule has 2 heterocycles. The van der Waals surface area contributed by atoms with Gasteiger partial charge in [0.15, 0.2) is 5.78 Å². The standard InChI is InChI=1S/C23H26FN3O2/c24-19-8-6-17(7-9-19)22(28)18-10-14-26(15-11-18)12-3-13-27-16-25-21-5-2-1-4-20(21)23(27)29/h1-2,4-9,18,25H,3,10-16H2. The van der Waals surface area contributed by atoms with Crippen molar-refractivity contribution in [1.82, 2.24) is 9.80 Å². The molecular weight excluding hydrogens is 369 g/mol. The number of halogens is 1. The van der Waals surface area contributed by atoms with Gasteiger partial charge < -0.3 is 15.1 Å². The monoisotopic (exact) mass is 395 g/mol. The van der Waals surface area contributed by atoms with Crippen molar-refractivity contribution in [2.45, 2.75) is 19.3 Å². The van der Waals surface area contributed by atoms with Gasteiger partial charge in [-0.3, -0.25) is 9.59 Å². The molecule has 0 atom stereocenters. The zero-order valence-electron chi connectivity index (χ0n) is 16.4. The lowest BCUT2D eigenvalue weighted by Gasteiger charge is -2.33. The highest BCUT2D eigenvalue weighted by molar-refractivity contribution is 6.01. The van der Waals surface area contributed by atoms with E-state index in [2.05, 4.69) is 10.2 Å². The molecule has 2 aliphatic heterocycles. The Morgan fingerprint density at radius 1 is 1.03 bits per heavy atom. The van der Waals surface area contributed by atoms with E-state index in [-0.39, 0.29) is 23.4 Å². The Labute approximate surface area is 170 Å². The van der Waals surface area contributed by atoms with Crippen molar-refractivity contribution in [1.29, 1.82) is 0 Å². The molecule has 1 amide bonds. The van der Waals surface area contributed by atoms with E-state index in [1.165, 1.54) is 12.1 Å². The van der Waals surface area contributed by atoms with Gasteiger partial charge in [-0.05, 0) is 75.3 Å². The molecule has 0 saturated carbocycles. The number of ketones is 1. The van der Waals surface area contributed by atoms with Crippen molar-refractivity contribution in [3.8, 4) is 0 Å². The number of para-hydroxylation sites is 1. The summed E-state index contributed by atoms with van der Waals surface area (Å²) >= 11 is 0. The van der Waals surface area contributed by atoms with E-state index >= 15 is 0 Å². The van der Waals surface area contributed by atoms with Gasteiger partial charge in [-0.2, -0.15) is 0 Å². The number of Topliss-reactive ketones (excluding diaryl/α,β-unsaturated/α-hetero) is 1. The summed E-state index contributed by atoms with van der Waals surface area (Å²) in [6.07, 6.45) is 2.56. The van der Waals surface area contributed by atoms with Crippen LogP contribution in [0.5, 0.6) is 0 Å². The first-order valence-electron chi connectivity index (χ1n) is 10.3. The molecule has 0 aromatic heterocycles. The summed E-state index contributed by atoms with van der Waals surface area (Å²) in [5, 5.41) is 3.30. The second-order valence-electron chi connectivity index (χ2n) is 7.79. The summed E-state index contributed by atoms with van der Waals surface area (Å²) in [6, 6.07) is 13.5. The van der Waals surface area contributed by atoms with E-state index in [4.69, 9.17) is 0 Å². The molecule has 0 bridgehead atoms. The fourth-order valence-electron chi connectivity index (χ4n) is 4.18. The first kappa shape index (κ1) is 19.6. The number of anilines is 1. The van der Waals surface area contributed by atoms with Crippen molar-refractivity contribution in [2.24, 2.45) is 5.92 Å². The molecule has 1 fully saturated rings. The Bertz CT molecular complexity index is 876. The Morgan fingerprint density at radius 2 is 1.76 bits per heavy atom. The van der Waals surface area contributed by atoms with Crippen molar-refractivity contribution in [2.75, 3.05) is 38.2 Å². The summed E-state index contributed by atoms with van der Waals surface area (Å²) in [6.45, 7) is 3.95. The Morgan fingerprint density at radius 3 is 2.52 bits per heavy atom. The molecule has 0 aliphatic carbocycles. The fraction of sp³-hybridized carbons (Fsp3) is 0.391. The number of fused-ring (bicyclic) bond motifs is 1. The average molecular weight is 395 g/mol. The van der Waals surface area contributed by atoms with Gasteiger partial charge in [-0.25, -0.2) is 4.39 Å². The summed E-state index contributed by atoms with van der Waals surface area (Å²) in [7, 11) is 0. The van der Waals surface area contributed by atoms with Crippen molar-refractivity contribution >= 4 is 17.4 Å². The number of benzene rings is 2. The Kier molecular flexibility index (Phi) is 5.90. The minimum atomic E-state index is -0.317. The quantitative estimate of drug-likeness (QED) is 0.759. The highest BCUT2D eigenvalue weighted by atomic mass is 19.1. The van der Waals surface area contributed by atoms with Gasteiger partial charge in [0.25, 0.3) is 5.91 Å². The van der Waals surface area contributed by atoms with Crippen LogP contribution in [0.4, 0.5) is 10.1 Å². The van der Waals surface area contributed by atoms with Crippen LogP contribution in [0.1, 0.15) is 40.0 Å². The van der Waals surface area contributed by atoms with E-state index in [0.717, 1.165) is 50.1 Å². The summed E-state index contributed by atoms with van der Waals surface area (Å²) in [5.74, 6) is -0.0976. The maximum absolute atomic E-state index is 13.0. The summed E-state index contributed by atoms with van der Waals surface area (Å²) in [5.41, 5.74) is 2.24. The lowest BCUT2D eigenvalue weighted by molar-refractivity contribution is 0.0737. The van der Waals surface area contributed by atoms with Crippen LogP contribution in [0, 0.1) is 11.7 Å². The minimum absolute atomic E-state index is 0.0149. The van der Waals surface area contributed by atoms with Gasteiger partial charge in [0.1, 0.15) is 5.82 Å². The summed E-state index contributed by atoms with van der Waals surface area (Å²) < 4.78 is 13.0. The van der Waals surface area contributed by atoms with Crippen LogP contribution in [-0.2, 0) is 0 Å². The molecule has 0 spiro atoms. The average Bonchev–Trinajstić information content (AvgIpc) is 2.76. The topological polar surface area (TPSA) is 52.7 Å². The molecular formula is C23H26FN3O2. The second-order valence-corrected chi connectivity index (χ2v) is 7.79. The van der Waals surface area contributed by atoms with Crippen LogP contribution in [0.3, 0.4) is 0 Å². The number of likely N-dealkylation sites (tertiary alicyclic amines) is 1. The Hall–Kier alpha value is -2.73. The molecule has 5 nitrogen and oxygen atoms in total. The zero-order valence-corrected chi connectivity index (χ0v) is 16.4. The molecule has 1 saturated heterocycles. The highest BCUT2D eigenvalue weighted by Crippen LogP contribution is 2.23. The van der Waals surface area contributed by atoms with Gasteiger partial charge in [0.2, 0.25) is 0 Å². The largest absolute Gasteiger partial charge is 0.367 e. The van der Waals surface area contributed by atoms with Crippen LogP contribution in [0.25, 0.3) is 0 Å². The van der Waals surface area contributed by atoms with Crippen LogP contribution in [0.15, 0.2) is 48.5 Å². The first-order valence-corrected chi connectivity index (χ1v) is 10.3. The van der Waals surface area contributed by atoms with E-state index in [0.29, 0.717) is 18.8 Å². The number of carbonyl (C=O) groups excluding carboxylic acids is 2. The third-order valence-electron chi connectivity index (χ3n) is 5.89. The number of nitrogens with zero attached hydrogens (tertiary/aromatic N) is 2. The minimum Gasteiger partial charge on any atom is -0.367 e.